The van der Waals surface area contributed by atoms with Gasteiger partial charge in [0.1, 0.15) is 23.3 Å². The van der Waals surface area contributed by atoms with E-state index in [0.717, 1.165) is 23.0 Å². The number of aryl methyl sites for hydroxylation is 2. The molecular weight excluding hydrogens is 412 g/mol. The third kappa shape index (κ3) is 8.61. The molecule has 0 bridgehead atoms. The molecule has 2 aromatic rings. The lowest BCUT2D eigenvalue weighted by Gasteiger charge is -2.10. The number of hydrogen-bond donors (Lipinski definition) is 2. The van der Waals surface area contributed by atoms with Crippen LogP contribution in [-0.4, -0.2) is 43.3 Å². The third-order valence-electron chi connectivity index (χ3n) is 4.26. The highest BCUT2D eigenvalue weighted by atomic mass is 32.2. The monoisotopic (exact) mass is 444 g/mol. The number of carbonyl (C=O) groups is 2. The van der Waals surface area contributed by atoms with Crippen molar-refractivity contribution in [3.05, 3.63) is 35.2 Å². The highest BCUT2D eigenvalue weighted by Crippen LogP contribution is 2.15. The van der Waals surface area contributed by atoms with E-state index in [9.17, 15) is 9.59 Å². The maximum absolute atomic E-state index is 12.2. The van der Waals surface area contributed by atoms with E-state index >= 15 is 0 Å². The lowest BCUT2D eigenvalue weighted by molar-refractivity contribution is -0.116. The maximum Gasteiger partial charge on any atom is 0.226 e. The zero-order valence-electron chi connectivity index (χ0n) is 19.2. The number of hydrogen-bond acceptors (Lipinski definition) is 7. The summed E-state index contributed by atoms with van der Waals surface area (Å²) >= 11 is 1.57. The minimum absolute atomic E-state index is 0.0950. The second kappa shape index (κ2) is 11.7. The van der Waals surface area contributed by atoms with E-state index in [1.807, 2.05) is 41.5 Å². The molecule has 0 aliphatic carbocycles. The molecular formula is C22H32N6O2S. The summed E-state index contributed by atoms with van der Waals surface area (Å²) in [5.41, 5.74) is 1.66. The summed E-state index contributed by atoms with van der Waals surface area (Å²) in [5.74, 6) is 3.96. The van der Waals surface area contributed by atoms with E-state index < -0.39 is 0 Å². The molecule has 8 nitrogen and oxygen atoms in total. The Morgan fingerprint density at radius 3 is 1.52 bits per heavy atom. The van der Waals surface area contributed by atoms with Gasteiger partial charge in [0.25, 0.3) is 0 Å². The number of anilines is 2. The average molecular weight is 445 g/mol. The third-order valence-corrected chi connectivity index (χ3v) is 5.24. The lowest BCUT2D eigenvalue weighted by Crippen LogP contribution is -2.16. The molecule has 0 unspecified atom stereocenters. The van der Waals surface area contributed by atoms with Crippen molar-refractivity contribution in [1.82, 2.24) is 19.9 Å². The van der Waals surface area contributed by atoms with Crippen LogP contribution in [0.1, 0.15) is 75.4 Å². The van der Waals surface area contributed by atoms with Gasteiger partial charge < -0.3 is 10.6 Å². The average Bonchev–Trinajstić information content (AvgIpc) is 2.66. The van der Waals surface area contributed by atoms with Crippen LogP contribution >= 0.6 is 11.8 Å². The van der Waals surface area contributed by atoms with Gasteiger partial charge in [-0.3, -0.25) is 9.59 Å². The standard InChI is InChI=1S/C22H32N6O2S/c1-13(2)21-23-15(5)11-17(27-21)25-19(29)7-9-31-10-8-20(30)26-18-12-16(6)24-22(28-18)14(3)4/h11-14H,7-10H2,1-6H3,(H,23,25,27,29)(H,24,26,28,30). The molecule has 0 aromatic carbocycles. The molecule has 9 heteroatoms. The largest absolute Gasteiger partial charge is 0.311 e. The smallest absolute Gasteiger partial charge is 0.226 e. The fourth-order valence-corrected chi connectivity index (χ4v) is 3.53. The first-order valence-corrected chi connectivity index (χ1v) is 11.7. The molecule has 31 heavy (non-hydrogen) atoms. The second-order valence-corrected chi connectivity index (χ2v) is 9.25. The molecule has 168 valence electrons. The highest BCUT2D eigenvalue weighted by molar-refractivity contribution is 7.99. The van der Waals surface area contributed by atoms with Crippen molar-refractivity contribution < 1.29 is 9.59 Å². The van der Waals surface area contributed by atoms with E-state index in [0.29, 0.717) is 36.0 Å². The first-order chi connectivity index (χ1) is 14.6. The Hall–Kier alpha value is -2.55. The molecule has 0 atom stereocenters. The number of thioether (sulfide) groups is 1. The summed E-state index contributed by atoms with van der Waals surface area (Å²) in [5, 5.41) is 5.67. The van der Waals surface area contributed by atoms with E-state index in [4.69, 9.17) is 0 Å². The number of aromatic nitrogens is 4. The van der Waals surface area contributed by atoms with E-state index in [2.05, 4.69) is 30.6 Å². The number of amides is 2. The van der Waals surface area contributed by atoms with E-state index in [1.165, 1.54) is 0 Å². The summed E-state index contributed by atoms with van der Waals surface area (Å²) in [6.07, 6.45) is 0.713. The molecule has 2 N–H and O–H groups in total. The molecule has 0 aliphatic rings. The topological polar surface area (TPSA) is 110 Å². The zero-order chi connectivity index (χ0) is 23.0. The van der Waals surface area contributed by atoms with Crippen LogP contribution in [0.25, 0.3) is 0 Å². The summed E-state index contributed by atoms with van der Waals surface area (Å²) in [4.78, 5) is 41.9. The second-order valence-electron chi connectivity index (χ2n) is 8.02. The summed E-state index contributed by atoms with van der Waals surface area (Å²) < 4.78 is 0. The molecule has 0 fully saturated rings. The van der Waals surface area contributed by atoms with Gasteiger partial charge in [-0.05, 0) is 13.8 Å². The highest BCUT2D eigenvalue weighted by Gasteiger charge is 2.11. The van der Waals surface area contributed by atoms with Crippen LogP contribution in [0.3, 0.4) is 0 Å². The maximum atomic E-state index is 12.2. The van der Waals surface area contributed by atoms with Gasteiger partial charge in [-0.1, -0.05) is 27.7 Å². The van der Waals surface area contributed by atoms with Crippen LogP contribution in [0, 0.1) is 13.8 Å². The SMILES string of the molecule is Cc1cc(NC(=O)CCSCCC(=O)Nc2cc(C)nc(C(C)C)n2)nc(C(C)C)n1. The first-order valence-electron chi connectivity index (χ1n) is 10.5. The van der Waals surface area contributed by atoms with Gasteiger partial charge in [-0.2, -0.15) is 11.8 Å². The first kappa shape index (κ1) is 24.7. The van der Waals surface area contributed by atoms with Gasteiger partial charge in [-0.15, -0.1) is 0 Å². The van der Waals surface area contributed by atoms with Gasteiger partial charge in [0, 0.05) is 59.7 Å². The molecule has 0 aliphatic heterocycles. The molecule has 0 spiro atoms. The van der Waals surface area contributed by atoms with Gasteiger partial charge in [0.05, 0.1) is 0 Å². The Morgan fingerprint density at radius 1 is 0.774 bits per heavy atom. The Morgan fingerprint density at radius 2 is 1.16 bits per heavy atom. The lowest BCUT2D eigenvalue weighted by atomic mass is 10.2. The minimum Gasteiger partial charge on any atom is -0.311 e. The van der Waals surface area contributed by atoms with Crippen LogP contribution in [0.2, 0.25) is 0 Å². The minimum atomic E-state index is -0.0950. The number of nitrogens with zero attached hydrogens (tertiary/aromatic N) is 4. The molecule has 2 heterocycles. The van der Waals surface area contributed by atoms with Crippen molar-refractivity contribution >= 4 is 35.2 Å². The molecule has 0 saturated carbocycles. The predicted octanol–water partition coefficient (Wildman–Crippen LogP) is 4.22. The Kier molecular flexibility index (Phi) is 9.36. The van der Waals surface area contributed by atoms with Crippen molar-refractivity contribution in [2.45, 2.75) is 66.2 Å². The predicted molar refractivity (Wildman–Crippen MR) is 126 cm³/mol. The van der Waals surface area contributed by atoms with Crippen molar-refractivity contribution in [2.75, 3.05) is 22.1 Å². The fourth-order valence-electron chi connectivity index (χ4n) is 2.67. The van der Waals surface area contributed by atoms with Gasteiger partial charge in [0.15, 0.2) is 0 Å². The number of carbonyl (C=O) groups excluding carboxylic acids is 2. The summed E-state index contributed by atoms with van der Waals surface area (Å²) in [7, 11) is 0. The molecule has 2 aromatic heterocycles. The van der Waals surface area contributed by atoms with Crippen molar-refractivity contribution in [1.29, 1.82) is 0 Å². The van der Waals surface area contributed by atoms with Crippen LogP contribution < -0.4 is 10.6 Å². The Bertz CT molecular complexity index is 843. The van der Waals surface area contributed by atoms with Crippen LogP contribution in [0.4, 0.5) is 11.6 Å². The van der Waals surface area contributed by atoms with Gasteiger partial charge >= 0.3 is 0 Å². The van der Waals surface area contributed by atoms with Gasteiger partial charge in [0.2, 0.25) is 11.8 Å². The zero-order valence-corrected chi connectivity index (χ0v) is 20.0. The van der Waals surface area contributed by atoms with Crippen molar-refractivity contribution in [3.63, 3.8) is 0 Å². The quantitative estimate of drug-likeness (QED) is 0.528. The van der Waals surface area contributed by atoms with E-state index in [1.54, 1.807) is 23.9 Å². The molecule has 0 saturated heterocycles. The summed E-state index contributed by atoms with van der Waals surface area (Å²) in [6.45, 7) is 11.8. The molecule has 0 radical (unpaired) electrons. The van der Waals surface area contributed by atoms with Crippen molar-refractivity contribution in [2.24, 2.45) is 0 Å². The number of rotatable bonds is 10. The van der Waals surface area contributed by atoms with E-state index in [-0.39, 0.29) is 23.7 Å². The van der Waals surface area contributed by atoms with Crippen LogP contribution in [0.15, 0.2) is 12.1 Å². The Balaban J connectivity index is 1.71. The molecule has 2 amide bonds. The van der Waals surface area contributed by atoms with Crippen LogP contribution in [-0.2, 0) is 9.59 Å². The summed E-state index contributed by atoms with van der Waals surface area (Å²) in [6, 6.07) is 3.53. The number of nitrogens with one attached hydrogen (secondary N) is 2. The molecule has 2 rings (SSSR count). The Labute approximate surface area is 188 Å². The fraction of sp³-hybridized carbons (Fsp3) is 0.545. The van der Waals surface area contributed by atoms with Crippen LogP contribution in [0.5, 0.6) is 0 Å². The van der Waals surface area contributed by atoms with Gasteiger partial charge in [-0.25, -0.2) is 19.9 Å². The van der Waals surface area contributed by atoms with Crippen molar-refractivity contribution in [3.8, 4) is 0 Å². The normalized spacial score (nSPS) is 11.1.